The van der Waals surface area contributed by atoms with Crippen LogP contribution >= 0.6 is 0 Å². The van der Waals surface area contributed by atoms with Gasteiger partial charge in [0.05, 0.1) is 6.61 Å². The first kappa shape index (κ1) is 13.0. The molecule has 0 fully saturated rings. The summed E-state index contributed by atoms with van der Waals surface area (Å²) in [7, 11) is 3.59. The highest BCUT2D eigenvalue weighted by Crippen LogP contribution is 1.67. The largest absolute Gasteiger partial charge is 0.481 e. The van der Waals surface area contributed by atoms with Crippen molar-refractivity contribution in [2.45, 2.75) is 13.3 Å². The molecule has 0 saturated heterocycles. The predicted octanol–water partition coefficient (Wildman–Crippen LogP) is 0.333. The van der Waals surface area contributed by atoms with E-state index in [0.717, 1.165) is 13.2 Å². The van der Waals surface area contributed by atoms with E-state index in [1.54, 1.807) is 14.0 Å². The number of carboxylic acid groups (broad SMARTS) is 1. The number of methoxy groups -OCH3 is 1. The van der Waals surface area contributed by atoms with Crippen LogP contribution < -0.4 is 5.32 Å². The van der Waals surface area contributed by atoms with E-state index >= 15 is 0 Å². The first-order valence-corrected chi connectivity index (χ1v) is 3.54. The van der Waals surface area contributed by atoms with Crippen LogP contribution in [-0.4, -0.2) is 38.4 Å². The Labute approximate surface area is 67.6 Å². The first-order chi connectivity index (χ1) is 5.18. The maximum Gasteiger partial charge on any atom is 0.303 e. The van der Waals surface area contributed by atoms with Gasteiger partial charge in [-0.2, -0.15) is 0 Å². The van der Waals surface area contributed by atoms with Crippen LogP contribution in [0.1, 0.15) is 13.3 Å². The van der Waals surface area contributed by atoms with Gasteiger partial charge in [0.1, 0.15) is 0 Å². The van der Waals surface area contributed by atoms with Crippen molar-refractivity contribution in [3.05, 3.63) is 0 Å². The zero-order valence-corrected chi connectivity index (χ0v) is 7.39. The molecule has 0 aromatic heterocycles. The van der Waals surface area contributed by atoms with Crippen molar-refractivity contribution in [1.29, 1.82) is 0 Å². The van der Waals surface area contributed by atoms with Crippen LogP contribution in [0.25, 0.3) is 0 Å². The van der Waals surface area contributed by atoms with Crippen LogP contribution in [0.3, 0.4) is 0 Å². The van der Waals surface area contributed by atoms with E-state index in [1.165, 1.54) is 0 Å². The maximum absolute atomic E-state index is 9.37. The fraction of sp³-hybridized carbons (Fsp3) is 0.857. The second-order valence-corrected chi connectivity index (χ2v) is 1.84. The molecule has 0 unspecified atom stereocenters. The van der Waals surface area contributed by atoms with Crippen LogP contribution in [0.4, 0.5) is 0 Å². The van der Waals surface area contributed by atoms with Gasteiger partial charge in [0, 0.05) is 20.1 Å². The lowest BCUT2D eigenvalue weighted by Gasteiger charge is -1.92. The molecule has 0 aromatic rings. The normalized spacial score (nSPS) is 8.27. The Kier molecular flexibility index (Phi) is 14.3. The molecule has 0 aliphatic carbocycles. The average molecular weight is 163 g/mol. The Morgan fingerprint density at radius 3 is 2.18 bits per heavy atom. The molecule has 68 valence electrons. The molecule has 0 bridgehead atoms. The van der Waals surface area contributed by atoms with Crippen molar-refractivity contribution in [1.82, 2.24) is 5.32 Å². The summed E-state index contributed by atoms with van der Waals surface area (Å²) in [6.45, 7) is 3.34. The zero-order valence-electron chi connectivity index (χ0n) is 7.39. The Bertz CT molecular complexity index is 81.8. The van der Waals surface area contributed by atoms with Crippen LogP contribution in [0, 0.1) is 0 Å². The van der Waals surface area contributed by atoms with Crippen LogP contribution in [0.2, 0.25) is 0 Å². The lowest BCUT2D eigenvalue weighted by atomic mass is 10.5. The van der Waals surface area contributed by atoms with Crippen molar-refractivity contribution in [2.75, 3.05) is 27.3 Å². The lowest BCUT2D eigenvalue weighted by molar-refractivity contribution is -0.136. The molecular formula is C7H17NO3. The Hall–Kier alpha value is -0.610. The minimum Gasteiger partial charge on any atom is -0.481 e. The summed E-state index contributed by atoms with van der Waals surface area (Å²) in [4.78, 5) is 9.37. The third-order valence-electron chi connectivity index (χ3n) is 0.859. The molecule has 2 N–H and O–H groups in total. The number of hydrogen-bond acceptors (Lipinski definition) is 3. The van der Waals surface area contributed by atoms with E-state index in [1.807, 2.05) is 7.05 Å². The number of carbonyl (C=O) groups is 1. The van der Waals surface area contributed by atoms with Gasteiger partial charge >= 0.3 is 5.97 Å². The van der Waals surface area contributed by atoms with Gasteiger partial charge in [-0.3, -0.25) is 4.79 Å². The number of carboxylic acids is 1. The van der Waals surface area contributed by atoms with E-state index in [9.17, 15) is 4.79 Å². The lowest BCUT2D eigenvalue weighted by Crippen LogP contribution is -2.12. The number of likely N-dealkylation sites (N-methyl/N-ethyl adjacent to an activating group) is 1. The molecule has 0 amide bonds. The molecule has 0 spiro atoms. The van der Waals surface area contributed by atoms with Gasteiger partial charge in [0.25, 0.3) is 0 Å². The summed E-state index contributed by atoms with van der Waals surface area (Å²) in [5.74, 6) is -0.745. The standard InChI is InChI=1S/C4H11NO.C3H6O2/c1-5-3-4-6-2;1-2-3(4)5/h5H,3-4H2,1-2H3;2H2,1H3,(H,4,5). The van der Waals surface area contributed by atoms with Crippen molar-refractivity contribution < 1.29 is 14.6 Å². The molecule has 0 aliphatic heterocycles. The summed E-state index contributed by atoms with van der Waals surface area (Å²) in [5.41, 5.74) is 0. The van der Waals surface area contributed by atoms with Crippen LogP contribution in [-0.2, 0) is 9.53 Å². The molecule has 0 atom stereocenters. The minimum absolute atomic E-state index is 0.222. The zero-order chi connectivity index (χ0) is 9.11. The predicted molar refractivity (Wildman–Crippen MR) is 43.7 cm³/mol. The molecule has 4 nitrogen and oxygen atoms in total. The van der Waals surface area contributed by atoms with Gasteiger partial charge < -0.3 is 15.2 Å². The Morgan fingerprint density at radius 2 is 2.09 bits per heavy atom. The topological polar surface area (TPSA) is 58.6 Å². The van der Waals surface area contributed by atoms with Gasteiger partial charge in [-0.15, -0.1) is 0 Å². The van der Waals surface area contributed by atoms with E-state index in [2.05, 4.69) is 5.32 Å². The summed E-state index contributed by atoms with van der Waals surface area (Å²) in [6.07, 6.45) is 0.222. The number of rotatable bonds is 4. The van der Waals surface area contributed by atoms with Crippen molar-refractivity contribution in [3.8, 4) is 0 Å². The van der Waals surface area contributed by atoms with E-state index < -0.39 is 5.97 Å². The Balaban J connectivity index is 0. The van der Waals surface area contributed by atoms with Crippen molar-refractivity contribution >= 4 is 5.97 Å². The molecule has 4 heteroatoms. The van der Waals surface area contributed by atoms with Crippen molar-refractivity contribution in [3.63, 3.8) is 0 Å². The third-order valence-corrected chi connectivity index (χ3v) is 0.859. The number of ether oxygens (including phenoxy) is 1. The minimum atomic E-state index is -0.745. The second kappa shape index (κ2) is 12.1. The Morgan fingerprint density at radius 1 is 1.64 bits per heavy atom. The van der Waals surface area contributed by atoms with Gasteiger partial charge in [0.15, 0.2) is 0 Å². The monoisotopic (exact) mass is 163 g/mol. The van der Waals surface area contributed by atoms with Crippen LogP contribution in [0.5, 0.6) is 0 Å². The van der Waals surface area contributed by atoms with Crippen molar-refractivity contribution in [2.24, 2.45) is 0 Å². The fourth-order valence-corrected chi connectivity index (χ4v) is 0.204. The summed E-state index contributed by atoms with van der Waals surface area (Å²) < 4.78 is 4.72. The number of aliphatic carboxylic acids is 1. The smallest absolute Gasteiger partial charge is 0.303 e. The molecule has 0 rings (SSSR count). The number of hydrogen-bond donors (Lipinski definition) is 2. The first-order valence-electron chi connectivity index (χ1n) is 3.54. The summed E-state index contributed by atoms with van der Waals surface area (Å²) in [6, 6.07) is 0. The van der Waals surface area contributed by atoms with Gasteiger partial charge in [-0.05, 0) is 7.05 Å². The molecule has 0 aromatic carbocycles. The third kappa shape index (κ3) is 26.6. The number of nitrogens with one attached hydrogen (secondary N) is 1. The quantitative estimate of drug-likeness (QED) is 0.586. The van der Waals surface area contributed by atoms with E-state index in [-0.39, 0.29) is 6.42 Å². The van der Waals surface area contributed by atoms with Crippen LogP contribution in [0.15, 0.2) is 0 Å². The molecular weight excluding hydrogens is 146 g/mol. The highest BCUT2D eigenvalue weighted by atomic mass is 16.5. The molecule has 0 aliphatic rings. The van der Waals surface area contributed by atoms with Gasteiger partial charge in [-0.25, -0.2) is 0 Å². The maximum atomic E-state index is 9.37. The van der Waals surface area contributed by atoms with E-state index in [4.69, 9.17) is 9.84 Å². The highest BCUT2D eigenvalue weighted by molar-refractivity contribution is 5.66. The molecule has 11 heavy (non-hydrogen) atoms. The van der Waals surface area contributed by atoms with E-state index in [0.29, 0.717) is 0 Å². The highest BCUT2D eigenvalue weighted by Gasteiger charge is 1.80. The fourth-order valence-electron chi connectivity index (χ4n) is 0.204. The molecule has 0 heterocycles. The second-order valence-electron chi connectivity index (χ2n) is 1.84. The summed E-state index contributed by atoms with van der Waals surface area (Å²) in [5, 5.41) is 10.7. The average Bonchev–Trinajstić information content (AvgIpc) is 2.02. The van der Waals surface area contributed by atoms with Gasteiger partial charge in [0.2, 0.25) is 0 Å². The van der Waals surface area contributed by atoms with Gasteiger partial charge in [-0.1, -0.05) is 6.92 Å². The SMILES string of the molecule is CCC(=O)O.CNCCOC. The summed E-state index contributed by atoms with van der Waals surface area (Å²) >= 11 is 0. The molecule has 0 saturated carbocycles. The molecule has 0 radical (unpaired) electrons.